The van der Waals surface area contributed by atoms with Gasteiger partial charge in [0.15, 0.2) is 5.13 Å². The molecule has 3 rings (SSSR count). The zero-order valence-corrected chi connectivity index (χ0v) is 16.7. The van der Waals surface area contributed by atoms with E-state index in [1.165, 1.54) is 16.9 Å². The van der Waals surface area contributed by atoms with Gasteiger partial charge >= 0.3 is 0 Å². The fourth-order valence-electron chi connectivity index (χ4n) is 2.13. The van der Waals surface area contributed by atoms with Crippen molar-refractivity contribution in [3.63, 3.8) is 0 Å². The number of hydrogen-bond acceptors (Lipinski definition) is 3. The first-order valence-electron chi connectivity index (χ1n) is 6.97. The maximum atomic E-state index is 12.4. The van der Waals surface area contributed by atoms with E-state index in [-0.39, 0.29) is 5.91 Å². The molecule has 0 spiro atoms. The summed E-state index contributed by atoms with van der Waals surface area (Å²) in [6.45, 7) is 0. The normalized spacial score (nSPS) is 10.6. The molecule has 24 heavy (non-hydrogen) atoms. The predicted molar refractivity (Wildman–Crippen MR) is 108 cm³/mol. The molecule has 0 atom stereocenters. The molecule has 7 heteroatoms. The van der Waals surface area contributed by atoms with Crippen molar-refractivity contribution in [3.05, 3.63) is 78.3 Å². The Labute approximate surface area is 167 Å². The van der Waals surface area contributed by atoms with Gasteiger partial charge in [0.2, 0.25) is 0 Å². The minimum absolute atomic E-state index is 0.274. The number of benzene rings is 2. The standard InChI is InChI=1S/C17H11Cl2IN2OS/c18-11-7-13(15(20)14(19)8-11)16(23)22-17-21-9-12(24-17)6-10-4-2-1-3-5-10/h1-5,7-9H,6H2,(H,21,22,23). The van der Waals surface area contributed by atoms with Gasteiger partial charge in [-0.2, -0.15) is 0 Å². The van der Waals surface area contributed by atoms with Crippen LogP contribution in [-0.2, 0) is 6.42 Å². The van der Waals surface area contributed by atoms with Crippen LogP contribution in [0.4, 0.5) is 5.13 Å². The summed E-state index contributed by atoms with van der Waals surface area (Å²) in [5, 5.41) is 4.24. The van der Waals surface area contributed by atoms with Crippen molar-refractivity contribution in [1.29, 1.82) is 0 Å². The van der Waals surface area contributed by atoms with Gasteiger partial charge in [0.05, 0.1) is 10.6 Å². The topological polar surface area (TPSA) is 42.0 Å². The molecule has 1 amide bonds. The van der Waals surface area contributed by atoms with Gasteiger partial charge in [-0.25, -0.2) is 4.98 Å². The zero-order chi connectivity index (χ0) is 17.1. The molecule has 1 N–H and O–H groups in total. The molecular formula is C17H11Cl2IN2OS. The molecule has 122 valence electrons. The van der Waals surface area contributed by atoms with E-state index >= 15 is 0 Å². The molecule has 0 aliphatic carbocycles. The Morgan fingerprint density at radius 2 is 1.96 bits per heavy atom. The Bertz CT molecular complexity index is 884. The Morgan fingerprint density at radius 3 is 2.71 bits per heavy atom. The molecule has 1 aromatic heterocycles. The van der Waals surface area contributed by atoms with E-state index in [0.717, 1.165) is 11.3 Å². The van der Waals surface area contributed by atoms with Gasteiger partial charge in [-0.15, -0.1) is 11.3 Å². The van der Waals surface area contributed by atoms with Crippen LogP contribution in [0.3, 0.4) is 0 Å². The van der Waals surface area contributed by atoms with E-state index in [1.807, 2.05) is 40.8 Å². The molecule has 0 aliphatic heterocycles. The van der Waals surface area contributed by atoms with Crippen molar-refractivity contribution in [1.82, 2.24) is 4.98 Å². The van der Waals surface area contributed by atoms with Gasteiger partial charge in [-0.1, -0.05) is 53.5 Å². The lowest BCUT2D eigenvalue weighted by Gasteiger charge is -2.06. The lowest BCUT2D eigenvalue weighted by Crippen LogP contribution is -2.13. The number of carbonyl (C=O) groups excluding carboxylic acids is 1. The van der Waals surface area contributed by atoms with Gasteiger partial charge < -0.3 is 0 Å². The average Bonchev–Trinajstić information content (AvgIpc) is 2.98. The fraction of sp³-hybridized carbons (Fsp3) is 0.0588. The van der Waals surface area contributed by atoms with Crippen LogP contribution < -0.4 is 5.32 Å². The number of rotatable bonds is 4. The molecule has 0 saturated carbocycles. The van der Waals surface area contributed by atoms with Gasteiger partial charge in [0.25, 0.3) is 5.91 Å². The first-order chi connectivity index (χ1) is 11.5. The van der Waals surface area contributed by atoms with Crippen LogP contribution in [-0.4, -0.2) is 10.9 Å². The Hall–Kier alpha value is -1.15. The summed E-state index contributed by atoms with van der Waals surface area (Å²) in [4.78, 5) is 17.8. The molecule has 0 aliphatic rings. The number of nitrogens with one attached hydrogen (secondary N) is 1. The number of nitrogens with zero attached hydrogens (tertiary/aromatic N) is 1. The summed E-state index contributed by atoms with van der Waals surface area (Å²) in [5.74, 6) is -0.274. The van der Waals surface area contributed by atoms with Crippen LogP contribution >= 0.6 is 57.1 Å². The smallest absolute Gasteiger partial charge is 0.258 e. The van der Waals surface area contributed by atoms with Crippen LogP contribution in [0.2, 0.25) is 10.0 Å². The van der Waals surface area contributed by atoms with E-state index in [0.29, 0.717) is 24.3 Å². The summed E-state index contributed by atoms with van der Waals surface area (Å²) in [6, 6.07) is 13.3. The Balaban J connectivity index is 1.74. The van der Waals surface area contributed by atoms with Crippen molar-refractivity contribution in [2.45, 2.75) is 6.42 Å². The quantitative estimate of drug-likeness (QED) is 0.367. The van der Waals surface area contributed by atoms with E-state index in [1.54, 1.807) is 18.3 Å². The fourth-order valence-corrected chi connectivity index (χ4v) is 4.02. The molecule has 0 saturated heterocycles. The predicted octanol–water partition coefficient (Wildman–Crippen LogP) is 5.90. The number of aromatic nitrogens is 1. The van der Waals surface area contributed by atoms with Crippen molar-refractivity contribution < 1.29 is 4.79 Å². The van der Waals surface area contributed by atoms with Crippen LogP contribution in [0.25, 0.3) is 0 Å². The first-order valence-corrected chi connectivity index (χ1v) is 9.62. The number of hydrogen-bond donors (Lipinski definition) is 1. The van der Waals surface area contributed by atoms with E-state index in [4.69, 9.17) is 23.2 Å². The second-order valence-corrected chi connectivity index (χ2v) is 8.03. The van der Waals surface area contributed by atoms with E-state index in [2.05, 4.69) is 22.4 Å². The number of anilines is 1. The molecule has 0 fully saturated rings. The summed E-state index contributed by atoms with van der Waals surface area (Å²) >= 11 is 15.5. The highest BCUT2D eigenvalue weighted by Crippen LogP contribution is 2.28. The third-order valence-electron chi connectivity index (χ3n) is 3.23. The monoisotopic (exact) mass is 488 g/mol. The lowest BCUT2D eigenvalue weighted by atomic mass is 10.1. The maximum absolute atomic E-state index is 12.4. The largest absolute Gasteiger partial charge is 0.298 e. The Kier molecular flexibility index (Phi) is 5.76. The molecule has 3 aromatic rings. The van der Waals surface area contributed by atoms with E-state index in [9.17, 15) is 4.79 Å². The molecular weight excluding hydrogens is 478 g/mol. The highest BCUT2D eigenvalue weighted by molar-refractivity contribution is 14.1. The minimum Gasteiger partial charge on any atom is -0.298 e. The van der Waals surface area contributed by atoms with Crippen molar-refractivity contribution >= 4 is 68.2 Å². The molecule has 3 nitrogen and oxygen atoms in total. The molecule has 0 bridgehead atoms. The van der Waals surface area contributed by atoms with Gasteiger partial charge in [0, 0.05) is 26.1 Å². The third kappa shape index (κ3) is 4.27. The van der Waals surface area contributed by atoms with Crippen molar-refractivity contribution in [2.75, 3.05) is 5.32 Å². The number of amides is 1. The second-order valence-electron chi connectivity index (χ2n) is 5.00. The number of halogens is 3. The highest BCUT2D eigenvalue weighted by Gasteiger charge is 2.15. The molecule has 2 aromatic carbocycles. The number of thiazole rings is 1. The minimum atomic E-state index is -0.274. The molecule has 0 radical (unpaired) electrons. The van der Waals surface area contributed by atoms with Gasteiger partial charge in [-0.3, -0.25) is 10.1 Å². The second kappa shape index (κ2) is 7.82. The van der Waals surface area contributed by atoms with Crippen LogP contribution in [0.1, 0.15) is 20.8 Å². The van der Waals surface area contributed by atoms with Crippen molar-refractivity contribution in [2.24, 2.45) is 0 Å². The highest BCUT2D eigenvalue weighted by atomic mass is 127. The van der Waals surface area contributed by atoms with Crippen LogP contribution in [0, 0.1) is 3.57 Å². The average molecular weight is 489 g/mol. The molecule has 1 heterocycles. The summed E-state index contributed by atoms with van der Waals surface area (Å²) in [5.41, 5.74) is 1.64. The maximum Gasteiger partial charge on any atom is 0.258 e. The van der Waals surface area contributed by atoms with Crippen molar-refractivity contribution in [3.8, 4) is 0 Å². The van der Waals surface area contributed by atoms with Gasteiger partial charge in [0.1, 0.15) is 0 Å². The number of carbonyl (C=O) groups is 1. The van der Waals surface area contributed by atoms with Gasteiger partial charge in [-0.05, 0) is 40.3 Å². The Morgan fingerprint density at radius 1 is 1.21 bits per heavy atom. The summed E-state index contributed by atoms with van der Waals surface area (Å²) in [6.07, 6.45) is 2.57. The zero-order valence-electron chi connectivity index (χ0n) is 12.2. The van der Waals surface area contributed by atoms with E-state index < -0.39 is 0 Å². The lowest BCUT2D eigenvalue weighted by molar-refractivity contribution is 0.102. The molecule has 0 unspecified atom stereocenters. The summed E-state index contributed by atoms with van der Waals surface area (Å²) in [7, 11) is 0. The third-order valence-corrected chi connectivity index (χ3v) is 6.14. The summed E-state index contributed by atoms with van der Waals surface area (Å²) < 4.78 is 0.664. The van der Waals surface area contributed by atoms with Crippen LogP contribution in [0.5, 0.6) is 0 Å². The van der Waals surface area contributed by atoms with Crippen LogP contribution in [0.15, 0.2) is 48.7 Å². The SMILES string of the molecule is O=C(Nc1ncc(Cc2ccccc2)s1)c1cc(Cl)cc(Cl)c1I. The first kappa shape index (κ1) is 17.7.